The van der Waals surface area contributed by atoms with E-state index in [0.29, 0.717) is 25.3 Å². The molecule has 174 valence electrons. The molecule has 2 heterocycles. The summed E-state index contributed by atoms with van der Waals surface area (Å²) in [7, 11) is 0. The second kappa shape index (κ2) is 13.7. The topological polar surface area (TPSA) is 133 Å². The first-order valence-corrected chi connectivity index (χ1v) is 12.7. The molecule has 0 aliphatic carbocycles. The van der Waals surface area contributed by atoms with E-state index in [4.69, 9.17) is 5.73 Å². The van der Waals surface area contributed by atoms with Crippen molar-refractivity contribution in [3.8, 4) is 0 Å². The molecule has 1 fully saturated rings. The number of unbranched alkanes of at least 4 members (excludes halogenated alkanes) is 5. The van der Waals surface area contributed by atoms with Crippen molar-refractivity contribution in [2.75, 3.05) is 25.4 Å². The fraction of sp³-hybridized carbons (Fsp3) is 0.667. The van der Waals surface area contributed by atoms with Crippen LogP contribution in [0.15, 0.2) is 17.5 Å². The summed E-state index contributed by atoms with van der Waals surface area (Å²) in [5.41, 5.74) is 5.49. The summed E-state index contributed by atoms with van der Waals surface area (Å²) in [6.07, 6.45) is 6.38. The van der Waals surface area contributed by atoms with Crippen LogP contribution >= 0.6 is 23.1 Å². The second-order valence-electron chi connectivity index (χ2n) is 7.76. The number of thiophene rings is 1. The smallest absolute Gasteiger partial charge is 0.323 e. The highest BCUT2D eigenvalue weighted by atomic mass is 32.2. The molecule has 0 spiro atoms. The average Bonchev–Trinajstić information content (AvgIpc) is 3.21. The van der Waals surface area contributed by atoms with Crippen LogP contribution < -0.4 is 11.1 Å². The number of aliphatic carboxylic acids is 2. The van der Waals surface area contributed by atoms with Gasteiger partial charge in [0, 0.05) is 17.2 Å². The third-order valence-corrected chi connectivity index (χ3v) is 7.76. The first-order chi connectivity index (χ1) is 14.9. The van der Waals surface area contributed by atoms with Gasteiger partial charge in [-0.3, -0.25) is 19.7 Å². The zero-order chi connectivity index (χ0) is 22.6. The summed E-state index contributed by atoms with van der Waals surface area (Å²) in [5, 5.41) is 23.8. The zero-order valence-corrected chi connectivity index (χ0v) is 19.3. The standard InChI is InChI=1S/C21H33N3O5S2/c22-10-6-4-2-1-3-5-8-15(21(28)29)23-16-14-31-18(17-9-7-11-30-17)12-24(20(16)27)13-19(25)26/h7,9,11,15-16,18,23H,1-6,8,10,12-14,22H2,(H,25,26)(H,28,29). The highest BCUT2D eigenvalue weighted by molar-refractivity contribution is 7.99. The number of carboxylic acids is 2. The lowest BCUT2D eigenvalue weighted by atomic mass is 10.0. The first-order valence-electron chi connectivity index (χ1n) is 10.8. The lowest BCUT2D eigenvalue weighted by Gasteiger charge is -2.26. The highest BCUT2D eigenvalue weighted by Gasteiger charge is 2.35. The number of hydrogen-bond acceptors (Lipinski definition) is 7. The normalized spacial score (nSPS) is 20.4. The van der Waals surface area contributed by atoms with Gasteiger partial charge >= 0.3 is 11.9 Å². The molecule has 0 aromatic carbocycles. The molecule has 31 heavy (non-hydrogen) atoms. The van der Waals surface area contributed by atoms with Crippen LogP contribution in [0.4, 0.5) is 0 Å². The predicted octanol–water partition coefficient (Wildman–Crippen LogP) is 2.55. The Morgan fingerprint density at radius 1 is 1.19 bits per heavy atom. The third-order valence-electron chi connectivity index (χ3n) is 5.29. The van der Waals surface area contributed by atoms with Crippen LogP contribution in [-0.2, 0) is 14.4 Å². The summed E-state index contributed by atoms with van der Waals surface area (Å²) in [5.74, 6) is -2.00. The molecule has 0 saturated carbocycles. The van der Waals surface area contributed by atoms with E-state index in [1.54, 1.807) is 23.1 Å². The Morgan fingerprint density at radius 3 is 2.52 bits per heavy atom. The Balaban J connectivity index is 1.96. The summed E-state index contributed by atoms with van der Waals surface area (Å²) < 4.78 is 0. The average molecular weight is 472 g/mol. The maximum absolute atomic E-state index is 13.0. The lowest BCUT2D eigenvalue weighted by Crippen LogP contribution is -2.53. The minimum atomic E-state index is -1.08. The maximum atomic E-state index is 13.0. The van der Waals surface area contributed by atoms with E-state index in [2.05, 4.69) is 5.32 Å². The van der Waals surface area contributed by atoms with Crippen molar-refractivity contribution in [1.29, 1.82) is 0 Å². The Bertz CT molecular complexity index is 701. The van der Waals surface area contributed by atoms with Gasteiger partial charge in [0.05, 0.1) is 11.3 Å². The van der Waals surface area contributed by atoms with Crippen molar-refractivity contribution in [3.63, 3.8) is 0 Å². The van der Waals surface area contributed by atoms with Gasteiger partial charge in [-0.25, -0.2) is 0 Å². The minimum Gasteiger partial charge on any atom is -0.480 e. The van der Waals surface area contributed by atoms with Crippen molar-refractivity contribution >= 4 is 40.9 Å². The van der Waals surface area contributed by atoms with Gasteiger partial charge in [0.15, 0.2) is 0 Å². The quantitative estimate of drug-likeness (QED) is 0.304. The SMILES string of the molecule is NCCCCCCCCC(NC1CSC(c2cccs2)CN(CC(=O)O)C1=O)C(=O)O. The number of nitrogens with zero attached hydrogens (tertiary/aromatic N) is 1. The van der Waals surface area contributed by atoms with Crippen LogP contribution in [0.2, 0.25) is 0 Å². The van der Waals surface area contributed by atoms with E-state index in [0.717, 1.165) is 43.4 Å². The van der Waals surface area contributed by atoms with Gasteiger partial charge in [-0.1, -0.05) is 38.2 Å². The van der Waals surface area contributed by atoms with Crippen molar-refractivity contribution in [3.05, 3.63) is 22.4 Å². The minimum absolute atomic E-state index is 0.0214. The third kappa shape index (κ3) is 8.80. The lowest BCUT2D eigenvalue weighted by molar-refractivity contribution is -0.146. The summed E-state index contributed by atoms with van der Waals surface area (Å²) in [6.45, 7) is 0.611. The monoisotopic (exact) mass is 471 g/mol. The fourth-order valence-electron chi connectivity index (χ4n) is 3.64. The highest BCUT2D eigenvalue weighted by Crippen LogP contribution is 2.35. The molecule has 1 amide bonds. The van der Waals surface area contributed by atoms with E-state index >= 15 is 0 Å². The summed E-state index contributed by atoms with van der Waals surface area (Å²) in [4.78, 5) is 38.5. The van der Waals surface area contributed by atoms with E-state index < -0.39 is 24.0 Å². The molecule has 3 unspecified atom stereocenters. The van der Waals surface area contributed by atoms with Gasteiger partial charge in [0.25, 0.3) is 0 Å². The number of amides is 1. The first kappa shape index (κ1) is 25.6. The Hall–Kier alpha value is -1.62. The van der Waals surface area contributed by atoms with Crippen molar-refractivity contribution in [2.45, 2.75) is 62.3 Å². The van der Waals surface area contributed by atoms with Gasteiger partial charge in [0.1, 0.15) is 12.6 Å². The number of carbonyl (C=O) groups is 3. The maximum Gasteiger partial charge on any atom is 0.323 e. The van der Waals surface area contributed by atoms with Crippen LogP contribution in [0, 0.1) is 0 Å². The van der Waals surface area contributed by atoms with Gasteiger partial charge in [-0.15, -0.1) is 23.1 Å². The Kier molecular flexibility index (Phi) is 11.3. The Labute approximate surface area is 191 Å². The van der Waals surface area contributed by atoms with Crippen molar-refractivity contribution < 1.29 is 24.6 Å². The van der Waals surface area contributed by atoms with E-state index in [1.807, 2.05) is 17.5 Å². The fourth-order valence-corrected chi connectivity index (χ4v) is 5.90. The Morgan fingerprint density at radius 2 is 1.90 bits per heavy atom. The van der Waals surface area contributed by atoms with Crippen molar-refractivity contribution in [1.82, 2.24) is 10.2 Å². The van der Waals surface area contributed by atoms with Gasteiger partial charge < -0.3 is 20.8 Å². The number of hydrogen-bond donors (Lipinski definition) is 4. The van der Waals surface area contributed by atoms with Gasteiger partial charge in [0.2, 0.25) is 5.91 Å². The van der Waals surface area contributed by atoms with Crippen molar-refractivity contribution in [2.24, 2.45) is 5.73 Å². The van der Waals surface area contributed by atoms with E-state index in [9.17, 15) is 24.6 Å². The summed E-state index contributed by atoms with van der Waals surface area (Å²) >= 11 is 3.14. The molecular formula is C21H33N3O5S2. The van der Waals surface area contributed by atoms with E-state index in [-0.39, 0.29) is 17.7 Å². The molecule has 0 radical (unpaired) electrons. The van der Waals surface area contributed by atoms with Crippen LogP contribution in [0.3, 0.4) is 0 Å². The molecule has 1 aromatic rings. The number of nitrogens with one attached hydrogen (secondary N) is 1. The van der Waals surface area contributed by atoms with Crippen LogP contribution in [0.1, 0.15) is 55.1 Å². The molecule has 3 atom stereocenters. The number of rotatable bonds is 14. The largest absolute Gasteiger partial charge is 0.480 e. The van der Waals surface area contributed by atoms with Gasteiger partial charge in [-0.05, 0) is 30.8 Å². The molecule has 1 aliphatic rings. The molecule has 1 aliphatic heterocycles. The number of carboxylic acid groups (broad SMARTS) is 2. The number of carbonyl (C=O) groups excluding carboxylic acids is 1. The van der Waals surface area contributed by atoms with E-state index in [1.165, 1.54) is 4.90 Å². The molecule has 8 nitrogen and oxygen atoms in total. The molecular weight excluding hydrogens is 438 g/mol. The molecule has 0 bridgehead atoms. The summed E-state index contributed by atoms with van der Waals surface area (Å²) in [6, 6.07) is 2.36. The molecule has 10 heteroatoms. The number of nitrogens with two attached hydrogens (primary N) is 1. The van der Waals surface area contributed by atoms with Crippen LogP contribution in [0.25, 0.3) is 0 Å². The number of thioether (sulfide) groups is 1. The molecule has 1 aromatic heterocycles. The molecule has 5 N–H and O–H groups in total. The van der Waals surface area contributed by atoms with Crippen LogP contribution in [0.5, 0.6) is 0 Å². The second-order valence-corrected chi connectivity index (χ2v) is 9.97. The van der Waals surface area contributed by atoms with Crippen LogP contribution in [-0.4, -0.2) is 70.4 Å². The molecule has 1 saturated heterocycles. The van der Waals surface area contributed by atoms with Gasteiger partial charge in [-0.2, -0.15) is 0 Å². The predicted molar refractivity (Wildman–Crippen MR) is 123 cm³/mol. The molecule has 2 rings (SSSR count). The zero-order valence-electron chi connectivity index (χ0n) is 17.7.